The standard InChI is InChI=1S/C24H20Cl2N2OS/c25-21-19(9-12-27-23(21)26)30-20-6-5-17(14-28-20)15-7-10-24(11-8-15)13-16-3-1-2-4-18(16)22(24)29/h1-6,9,12,14-15H,7-8,10-11,13H2/t15-,24+. The highest BCUT2D eigenvalue weighted by molar-refractivity contribution is 7.99. The van der Waals surface area contributed by atoms with Crippen molar-refractivity contribution in [1.29, 1.82) is 0 Å². The molecule has 3 aromatic rings. The first-order chi connectivity index (χ1) is 14.6. The van der Waals surface area contributed by atoms with E-state index in [1.165, 1.54) is 22.9 Å². The van der Waals surface area contributed by atoms with Gasteiger partial charge in [-0.2, -0.15) is 0 Å². The van der Waals surface area contributed by atoms with Gasteiger partial charge in [0.15, 0.2) is 5.78 Å². The van der Waals surface area contributed by atoms with Crippen molar-refractivity contribution in [2.24, 2.45) is 5.41 Å². The molecule has 0 atom stereocenters. The van der Waals surface area contributed by atoms with Crippen LogP contribution in [0.3, 0.4) is 0 Å². The maximum Gasteiger partial charge on any atom is 0.169 e. The minimum absolute atomic E-state index is 0.180. The Morgan fingerprint density at radius 3 is 2.53 bits per heavy atom. The lowest BCUT2D eigenvalue weighted by Crippen LogP contribution is -2.32. The van der Waals surface area contributed by atoms with Crippen molar-refractivity contribution < 1.29 is 4.79 Å². The second kappa shape index (κ2) is 7.99. The Bertz CT molecular complexity index is 1110. The molecule has 1 spiro atoms. The molecule has 6 heteroatoms. The van der Waals surface area contributed by atoms with Gasteiger partial charge in [0.2, 0.25) is 0 Å². The van der Waals surface area contributed by atoms with Gasteiger partial charge in [-0.3, -0.25) is 4.79 Å². The second-order valence-corrected chi connectivity index (χ2v) is 9.96. The lowest BCUT2D eigenvalue weighted by molar-refractivity contribution is 0.0734. The maximum absolute atomic E-state index is 13.0. The molecule has 3 nitrogen and oxygen atoms in total. The van der Waals surface area contributed by atoms with E-state index in [1.54, 1.807) is 6.20 Å². The Kier molecular flexibility index (Phi) is 5.34. The molecule has 0 N–H and O–H groups in total. The van der Waals surface area contributed by atoms with E-state index in [0.29, 0.717) is 21.9 Å². The maximum atomic E-state index is 13.0. The number of carbonyl (C=O) groups is 1. The summed E-state index contributed by atoms with van der Waals surface area (Å²) in [7, 11) is 0. The van der Waals surface area contributed by atoms with Gasteiger partial charge in [0, 0.05) is 28.3 Å². The summed E-state index contributed by atoms with van der Waals surface area (Å²) in [4.78, 5) is 22.5. The van der Waals surface area contributed by atoms with Gasteiger partial charge in [-0.1, -0.05) is 65.3 Å². The molecule has 0 aliphatic heterocycles. The quantitative estimate of drug-likeness (QED) is 0.398. The average molecular weight is 455 g/mol. The monoisotopic (exact) mass is 454 g/mol. The third-order valence-electron chi connectivity index (χ3n) is 6.47. The first-order valence-electron chi connectivity index (χ1n) is 10.1. The van der Waals surface area contributed by atoms with Crippen LogP contribution >= 0.6 is 35.0 Å². The van der Waals surface area contributed by atoms with E-state index in [2.05, 4.69) is 22.1 Å². The van der Waals surface area contributed by atoms with E-state index in [9.17, 15) is 4.79 Å². The topological polar surface area (TPSA) is 42.9 Å². The number of nitrogens with zero attached hydrogens (tertiary/aromatic N) is 2. The number of halogens is 2. The van der Waals surface area contributed by atoms with Gasteiger partial charge in [0.1, 0.15) is 10.2 Å². The molecule has 152 valence electrons. The first kappa shape index (κ1) is 20.0. The van der Waals surface area contributed by atoms with Crippen LogP contribution in [0.25, 0.3) is 0 Å². The molecular formula is C24H20Cl2N2OS. The van der Waals surface area contributed by atoms with Crippen LogP contribution in [-0.4, -0.2) is 15.8 Å². The highest BCUT2D eigenvalue weighted by atomic mass is 35.5. The molecule has 0 radical (unpaired) electrons. The fourth-order valence-corrected chi connectivity index (χ4v) is 6.04. The number of pyridine rings is 2. The molecule has 1 fully saturated rings. The minimum atomic E-state index is -0.180. The number of ketones is 1. The minimum Gasteiger partial charge on any atom is -0.294 e. The molecule has 2 aliphatic rings. The third-order valence-corrected chi connectivity index (χ3v) is 8.36. The van der Waals surface area contributed by atoms with Crippen LogP contribution in [0.2, 0.25) is 10.2 Å². The van der Waals surface area contributed by atoms with Gasteiger partial charge < -0.3 is 0 Å². The number of fused-ring (bicyclic) bond motifs is 1. The zero-order valence-corrected chi connectivity index (χ0v) is 18.6. The van der Waals surface area contributed by atoms with E-state index in [0.717, 1.165) is 47.6 Å². The van der Waals surface area contributed by atoms with Crippen LogP contribution in [0.1, 0.15) is 53.1 Å². The predicted octanol–water partition coefficient (Wildman–Crippen LogP) is 7.02. The van der Waals surface area contributed by atoms with E-state index in [-0.39, 0.29) is 5.41 Å². The fourth-order valence-electron chi connectivity index (χ4n) is 4.82. The van der Waals surface area contributed by atoms with E-state index >= 15 is 0 Å². The Balaban J connectivity index is 1.26. The molecule has 0 amide bonds. The van der Waals surface area contributed by atoms with Crippen molar-refractivity contribution in [3.8, 4) is 0 Å². The van der Waals surface area contributed by atoms with Gasteiger partial charge in [-0.05, 0) is 61.3 Å². The SMILES string of the molecule is O=C1c2ccccc2C[C@]12CC[C@H](c1ccc(Sc3ccnc(Cl)c3Cl)nc1)CC2. The van der Waals surface area contributed by atoms with Gasteiger partial charge in [-0.25, -0.2) is 9.97 Å². The number of hydrogen-bond acceptors (Lipinski definition) is 4. The number of rotatable bonds is 3. The van der Waals surface area contributed by atoms with Gasteiger partial charge >= 0.3 is 0 Å². The summed E-state index contributed by atoms with van der Waals surface area (Å²) in [5.74, 6) is 0.812. The van der Waals surface area contributed by atoms with Crippen molar-refractivity contribution in [2.45, 2.75) is 47.9 Å². The zero-order valence-electron chi connectivity index (χ0n) is 16.3. The first-order valence-corrected chi connectivity index (χ1v) is 11.7. The fraction of sp³-hybridized carbons (Fsp3) is 0.292. The van der Waals surface area contributed by atoms with Crippen molar-refractivity contribution in [2.75, 3.05) is 0 Å². The smallest absolute Gasteiger partial charge is 0.169 e. The van der Waals surface area contributed by atoms with Gasteiger partial charge in [0.25, 0.3) is 0 Å². The van der Waals surface area contributed by atoms with Crippen LogP contribution in [0.4, 0.5) is 0 Å². The Labute approximate surface area is 190 Å². The Morgan fingerprint density at radius 2 is 1.80 bits per heavy atom. The van der Waals surface area contributed by atoms with E-state index < -0.39 is 0 Å². The number of Topliss-reactive ketones (excluding diaryl/α,β-unsaturated/α-hetero) is 1. The molecule has 1 saturated carbocycles. The summed E-state index contributed by atoms with van der Waals surface area (Å²) < 4.78 is 0. The lowest BCUT2D eigenvalue weighted by Gasteiger charge is -2.36. The second-order valence-electron chi connectivity index (χ2n) is 8.16. The van der Waals surface area contributed by atoms with Crippen molar-refractivity contribution in [1.82, 2.24) is 9.97 Å². The predicted molar refractivity (Wildman–Crippen MR) is 121 cm³/mol. The Hall–Kier alpha value is -1.88. The van der Waals surface area contributed by atoms with E-state index in [1.807, 2.05) is 36.5 Å². The van der Waals surface area contributed by atoms with Crippen LogP contribution < -0.4 is 0 Å². The summed E-state index contributed by atoms with van der Waals surface area (Å²) in [6, 6.07) is 14.1. The summed E-state index contributed by atoms with van der Waals surface area (Å²) in [6.45, 7) is 0. The number of carbonyl (C=O) groups excluding carboxylic acids is 1. The zero-order chi connectivity index (χ0) is 20.7. The summed E-state index contributed by atoms with van der Waals surface area (Å²) in [5.41, 5.74) is 3.23. The number of benzene rings is 1. The molecule has 0 unspecified atom stereocenters. The summed E-state index contributed by atoms with van der Waals surface area (Å²) in [5, 5.41) is 1.63. The van der Waals surface area contributed by atoms with Gasteiger partial charge in [0.05, 0.1) is 5.02 Å². The molecule has 1 aromatic carbocycles. The highest BCUT2D eigenvalue weighted by Crippen LogP contribution is 2.50. The van der Waals surface area contributed by atoms with Crippen LogP contribution in [0.15, 0.2) is 64.8 Å². The normalized spacial score (nSPS) is 23.0. The van der Waals surface area contributed by atoms with Crippen molar-refractivity contribution in [3.05, 3.63) is 81.7 Å². The van der Waals surface area contributed by atoms with Crippen LogP contribution in [0, 0.1) is 5.41 Å². The number of aromatic nitrogens is 2. The molecular weight excluding hydrogens is 435 g/mol. The molecule has 2 aromatic heterocycles. The highest BCUT2D eigenvalue weighted by Gasteiger charge is 2.47. The van der Waals surface area contributed by atoms with Crippen LogP contribution in [-0.2, 0) is 6.42 Å². The van der Waals surface area contributed by atoms with Gasteiger partial charge in [-0.15, -0.1) is 0 Å². The average Bonchev–Trinajstić information content (AvgIpc) is 3.04. The Morgan fingerprint density at radius 1 is 1.00 bits per heavy atom. The van der Waals surface area contributed by atoms with E-state index in [4.69, 9.17) is 23.2 Å². The van der Waals surface area contributed by atoms with Crippen molar-refractivity contribution >= 4 is 40.7 Å². The molecule has 2 aliphatic carbocycles. The molecule has 5 rings (SSSR count). The van der Waals surface area contributed by atoms with Crippen LogP contribution in [0.5, 0.6) is 0 Å². The largest absolute Gasteiger partial charge is 0.294 e. The summed E-state index contributed by atoms with van der Waals surface area (Å²) in [6.07, 6.45) is 8.47. The molecule has 2 heterocycles. The number of hydrogen-bond donors (Lipinski definition) is 0. The molecule has 0 bridgehead atoms. The molecule has 30 heavy (non-hydrogen) atoms. The molecule has 0 saturated heterocycles. The van der Waals surface area contributed by atoms with Crippen molar-refractivity contribution in [3.63, 3.8) is 0 Å². The summed E-state index contributed by atoms with van der Waals surface area (Å²) >= 11 is 13.7. The lowest BCUT2D eigenvalue weighted by atomic mass is 9.67. The third kappa shape index (κ3) is 3.55.